The summed E-state index contributed by atoms with van der Waals surface area (Å²) in [6.45, 7) is 0. The molecule has 2 aromatic rings. The average Bonchev–Trinajstić information content (AvgIpc) is 2.84. The zero-order valence-corrected chi connectivity index (χ0v) is 11.7. The molecule has 2 heterocycles. The first-order valence-electron chi connectivity index (χ1n) is 6.50. The summed E-state index contributed by atoms with van der Waals surface area (Å²) in [5.41, 5.74) is 7.20. The van der Waals surface area contributed by atoms with Crippen LogP contribution in [-0.2, 0) is 10.8 Å². The Bertz CT molecular complexity index is 632. The first-order chi connectivity index (χ1) is 9.16. The topological polar surface area (TPSA) is 86.7 Å². The number of hydrogen-bond acceptors (Lipinski definition) is 5. The highest BCUT2D eigenvalue weighted by molar-refractivity contribution is 7.84. The third-order valence-corrected chi connectivity index (χ3v) is 4.35. The molecule has 2 aromatic heterocycles. The van der Waals surface area contributed by atoms with Crippen LogP contribution in [-0.4, -0.2) is 30.0 Å². The van der Waals surface area contributed by atoms with E-state index in [1.807, 2.05) is 0 Å². The smallest absolute Gasteiger partial charge is 0.222 e. The minimum Gasteiger partial charge on any atom is -0.382 e. The van der Waals surface area contributed by atoms with Crippen molar-refractivity contribution in [3.63, 3.8) is 0 Å². The van der Waals surface area contributed by atoms with Gasteiger partial charge in [-0.25, -0.2) is 15.0 Å². The molecule has 0 saturated heterocycles. The summed E-state index contributed by atoms with van der Waals surface area (Å²) in [5, 5.41) is 0.280. The van der Waals surface area contributed by atoms with Gasteiger partial charge in [-0.05, 0) is 12.8 Å². The van der Waals surface area contributed by atoms with Crippen LogP contribution >= 0.6 is 0 Å². The van der Waals surface area contributed by atoms with Crippen LogP contribution < -0.4 is 5.73 Å². The molecule has 0 aromatic carbocycles. The molecule has 2 N–H and O–H groups in total. The van der Waals surface area contributed by atoms with Gasteiger partial charge in [0.15, 0.2) is 11.5 Å². The van der Waals surface area contributed by atoms with Crippen LogP contribution in [0.3, 0.4) is 0 Å². The van der Waals surface area contributed by atoms with E-state index in [9.17, 15) is 4.21 Å². The highest BCUT2D eigenvalue weighted by Gasteiger charge is 2.20. The van der Waals surface area contributed by atoms with Crippen molar-refractivity contribution in [1.29, 1.82) is 0 Å². The molecular weight excluding hydrogens is 262 g/mol. The first-order valence-corrected chi connectivity index (χ1v) is 8.06. The minimum absolute atomic E-state index is 0.280. The van der Waals surface area contributed by atoms with Crippen molar-refractivity contribution >= 4 is 27.8 Å². The predicted octanol–water partition coefficient (Wildman–Crippen LogP) is 1.65. The lowest BCUT2D eigenvalue weighted by molar-refractivity contribution is 0.358. The molecule has 1 aliphatic carbocycles. The van der Waals surface area contributed by atoms with Gasteiger partial charge in [-0.2, -0.15) is 0 Å². The zero-order valence-electron chi connectivity index (χ0n) is 10.9. The van der Waals surface area contributed by atoms with Crippen LogP contribution in [0.15, 0.2) is 11.5 Å². The zero-order chi connectivity index (χ0) is 13.4. The van der Waals surface area contributed by atoms with E-state index in [1.165, 1.54) is 19.3 Å². The summed E-state index contributed by atoms with van der Waals surface area (Å²) < 4.78 is 13.6. The van der Waals surface area contributed by atoms with Gasteiger partial charge in [0, 0.05) is 12.3 Å². The monoisotopic (exact) mass is 279 g/mol. The molecule has 1 aliphatic rings. The number of hydrogen-bond donors (Lipinski definition) is 1. The first kappa shape index (κ1) is 12.5. The molecular formula is C12H17N5OS. The van der Waals surface area contributed by atoms with Crippen molar-refractivity contribution in [3.05, 3.63) is 6.33 Å². The highest BCUT2D eigenvalue weighted by Crippen LogP contribution is 2.31. The number of imidazole rings is 1. The van der Waals surface area contributed by atoms with E-state index >= 15 is 0 Å². The van der Waals surface area contributed by atoms with Crippen molar-refractivity contribution < 1.29 is 4.21 Å². The van der Waals surface area contributed by atoms with E-state index in [4.69, 9.17) is 5.73 Å². The number of rotatable bonds is 2. The van der Waals surface area contributed by atoms with Crippen molar-refractivity contribution in [2.24, 2.45) is 0 Å². The lowest BCUT2D eigenvalue weighted by Crippen LogP contribution is -2.13. The third kappa shape index (κ3) is 2.22. The molecule has 19 heavy (non-hydrogen) atoms. The van der Waals surface area contributed by atoms with Gasteiger partial charge < -0.3 is 10.3 Å². The number of nitrogens with zero attached hydrogens (tertiary/aromatic N) is 4. The number of nitrogen functional groups attached to an aromatic ring is 1. The molecule has 1 unspecified atom stereocenters. The molecule has 0 amide bonds. The predicted molar refractivity (Wildman–Crippen MR) is 74.2 cm³/mol. The van der Waals surface area contributed by atoms with E-state index in [-0.39, 0.29) is 5.16 Å². The molecule has 0 aliphatic heterocycles. The van der Waals surface area contributed by atoms with Gasteiger partial charge in [0.2, 0.25) is 5.16 Å². The van der Waals surface area contributed by atoms with Gasteiger partial charge in [-0.15, -0.1) is 0 Å². The van der Waals surface area contributed by atoms with E-state index in [0.717, 1.165) is 12.8 Å². The number of fused-ring (bicyclic) bond motifs is 1. The Morgan fingerprint density at radius 1 is 1.32 bits per heavy atom. The van der Waals surface area contributed by atoms with Gasteiger partial charge in [-0.3, -0.25) is 4.21 Å². The van der Waals surface area contributed by atoms with E-state index < -0.39 is 10.8 Å². The normalized spacial score (nSPS) is 18.8. The second-order valence-corrected chi connectivity index (χ2v) is 6.23. The van der Waals surface area contributed by atoms with Crippen LogP contribution in [0.5, 0.6) is 0 Å². The van der Waals surface area contributed by atoms with E-state index in [0.29, 0.717) is 23.0 Å². The van der Waals surface area contributed by atoms with Crippen molar-refractivity contribution in [2.45, 2.75) is 43.3 Å². The van der Waals surface area contributed by atoms with Gasteiger partial charge in [-0.1, -0.05) is 19.3 Å². The second kappa shape index (κ2) is 4.88. The van der Waals surface area contributed by atoms with Crippen molar-refractivity contribution in [1.82, 2.24) is 19.5 Å². The Kier molecular flexibility index (Phi) is 3.22. The maximum atomic E-state index is 11.6. The Balaban J connectivity index is 2.12. The van der Waals surface area contributed by atoms with Gasteiger partial charge in [0.05, 0.1) is 17.1 Å². The Morgan fingerprint density at radius 2 is 2.05 bits per heavy atom. The molecule has 6 nitrogen and oxygen atoms in total. The molecule has 102 valence electrons. The lowest BCUT2D eigenvalue weighted by atomic mass is 9.95. The number of anilines is 1. The summed E-state index contributed by atoms with van der Waals surface area (Å²) in [7, 11) is -1.24. The van der Waals surface area contributed by atoms with Gasteiger partial charge in [0.25, 0.3) is 0 Å². The highest BCUT2D eigenvalue weighted by atomic mass is 32.2. The largest absolute Gasteiger partial charge is 0.382 e. The summed E-state index contributed by atoms with van der Waals surface area (Å²) in [5.74, 6) is 0.310. The van der Waals surface area contributed by atoms with Crippen LogP contribution in [0.25, 0.3) is 11.2 Å². The summed E-state index contributed by atoms with van der Waals surface area (Å²) in [6, 6.07) is 0.422. The van der Waals surface area contributed by atoms with Gasteiger partial charge >= 0.3 is 0 Å². The Morgan fingerprint density at radius 3 is 2.74 bits per heavy atom. The minimum atomic E-state index is -1.24. The standard InChI is InChI=1S/C12H17N5OS/c1-19(18)12-15-10(13)9-11(16-12)17(7-14-9)8-5-3-2-4-6-8/h7-8H,2-6H2,1H3,(H2,13,15,16). The SMILES string of the molecule is CS(=O)c1nc(N)c2ncn(C3CCCCC3)c2n1. The number of nitrogens with two attached hydrogens (primary N) is 1. The summed E-state index contributed by atoms with van der Waals surface area (Å²) in [6.07, 6.45) is 9.38. The maximum absolute atomic E-state index is 11.6. The van der Waals surface area contributed by atoms with Crippen molar-refractivity contribution in [2.75, 3.05) is 12.0 Å². The lowest BCUT2D eigenvalue weighted by Gasteiger charge is -2.23. The third-order valence-electron chi connectivity index (χ3n) is 3.65. The molecule has 1 atom stereocenters. The van der Waals surface area contributed by atoms with Crippen LogP contribution in [0.4, 0.5) is 5.82 Å². The molecule has 0 bridgehead atoms. The van der Waals surface area contributed by atoms with Crippen molar-refractivity contribution in [3.8, 4) is 0 Å². The fraction of sp³-hybridized carbons (Fsp3) is 0.583. The Hall–Kier alpha value is -1.50. The Labute approximate surface area is 113 Å². The molecule has 0 radical (unpaired) electrons. The van der Waals surface area contributed by atoms with Gasteiger partial charge in [0.1, 0.15) is 5.52 Å². The molecule has 7 heteroatoms. The summed E-state index contributed by atoms with van der Waals surface area (Å²) >= 11 is 0. The van der Waals surface area contributed by atoms with Crippen LogP contribution in [0.1, 0.15) is 38.1 Å². The second-order valence-electron chi connectivity index (χ2n) is 4.96. The fourth-order valence-corrected chi connectivity index (χ4v) is 3.11. The molecule has 0 spiro atoms. The quantitative estimate of drug-likeness (QED) is 0.845. The summed E-state index contributed by atoms with van der Waals surface area (Å²) in [4.78, 5) is 12.7. The van der Waals surface area contributed by atoms with Crippen LogP contribution in [0.2, 0.25) is 0 Å². The fourth-order valence-electron chi connectivity index (χ4n) is 2.67. The van der Waals surface area contributed by atoms with E-state index in [2.05, 4.69) is 19.5 Å². The molecule has 1 fully saturated rings. The van der Waals surface area contributed by atoms with Crippen LogP contribution in [0, 0.1) is 0 Å². The average molecular weight is 279 g/mol. The van der Waals surface area contributed by atoms with E-state index in [1.54, 1.807) is 12.6 Å². The molecule has 1 saturated carbocycles. The number of aromatic nitrogens is 4. The molecule has 3 rings (SSSR count). The maximum Gasteiger partial charge on any atom is 0.222 e.